The Kier molecular flexibility index (Phi) is 3.56. The Morgan fingerprint density at radius 1 is 1.33 bits per heavy atom. The molecule has 114 valence electrons. The molecule has 0 saturated carbocycles. The Hall–Kier alpha value is -2.25. The maximum atomic E-state index is 12.8. The molecule has 1 aliphatic rings. The summed E-state index contributed by atoms with van der Waals surface area (Å²) in [6, 6.07) is 4.40. The van der Waals surface area contributed by atoms with Gasteiger partial charge in [-0.2, -0.15) is 13.2 Å². The Bertz CT molecular complexity index is 601. The van der Waals surface area contributed by atoms with E-state index in [1.165, 1.54) is 12.1 Å². The molecule has 3 N–H and O–H groups in total. The fourth-order valence-corrected chi connectivity index (χ4v) is 1.99. The van der Waals surface area contributed by atoms with Gasteiger partial charge in [0.1, 0.15) is 0 Å². The lowest BCUT2D eigenvalue weighted by Gasteiger charge is -2.28. The zero-order chi connectivity index (χ0) is 15.8. The lowest BCUT2D eigenvalue weighted by molar-refractivity contribution is -0.203. The quantitative estimate of drug-likeness (QED) is 0.795. The van der Waals surface area contributed by atoms with Crippen LogP contribution >= 0.6 is 0 Å². The standard InChI is InChI=1S/C13H13F3N2O3/c1-12(11(20)21,13(14,15)16)18-10(19)8-2-3-9-7(6-8)4-5-17-9/h2-3,6,17H,4-5H2,1H3,(H,18,19)(H,20,21). The van der Waals surface area contributed by atoms with E-state index in [2.05, 4.69) is 5.32 Å². The first kappa shape index (κ1) is 15.1. The molecule has 1 amide bonds. The van der Waals surface area contributed by atoms with Crippen molar-refractivity contribution < 1.29 is 27.9 Å². The summed E-state index contributed by atoms with van der Waals surface area (Å²) in [7, 11) is 0. The van der Waals surface area contributed by atoms with Crippen molar-refractivity contribution >= 4 is 17.6 Å². The molecule has 21 heavy (non-hydrogen) atoms. The molecule has 8 heteroatoms. The van der Waals surface area contributed by atoms with Crippen molar-refractivity contribution in [2.45, 2.75) is 25.1 Å². The first-order chi connectivity index (χ1) is 9.65. The van der Waals surface area contributed by atoms with E-state index in [1.54, 1.807) is 11.4 Å². The van der Waals surface area contributed by atoms with Gasteiger partial charge in [-0.15, -0.1) is 0 Å². The maximum absolute atomic E-state index is 12.8. The smallest absolute Gasteiger partial charge is 0.422 e. The molecule has 1 aromatic rings. The highest BCUT2D eigenvalue weighted by Crippen LogP contribution is 2.31. The molecule has 0 aromatic heterocycles. The second-order valence-electron chi connectivity index (χ2n) is 4.93. The van der Waals surface area contributed by atoms with Crippen molar-refractivity contribution in [2.24, 2.45) is 0 Å². The fraction of sp³-hybridized carbons (Fsp3) is 0.385. The topological polar surface area (TPSA) is 78.4 Å². The van der Waals surface area contributed by atoms with Gasteiger partial charge in [-0.25, -0.2) is 4.79 Å². The van der Waals surface area contributed by atoms with Gasteiger partial charge in [0.2, 0.25) is 5.54 Å². The summed E-state index contributed by atoms with van der Waals surface area (Å²) in [5, 5.41) is 13.4. The number of carboxylic acid groups (broad SMARTS) is 1. The molecule has 1 atom stereocenters. The Balaban J connectivity index is 2.26. The number of halogens is 3. The van der Waals surface area contributed by atoms with Crippen molar-refractivity contribution in [3.05, 3.63) is 29.3 Å². The molecule has 0 aliphatic carbocycles. The average molecular weight is 302 g/mol. The maximum Gasteiger partial charge on any atom is 0.422 e. The SMILES string of the molecule is CC(NC(=O)c1ccc2c(c1)CCN2)(C(=O)O)C(F)(F)F. The summed E-state index contributed by atoms with van der Waals surface area (Å²) >= 11 is 0. The van der Waals surface area contributed by atoms with Crippen molar-refractivity contribution in [3.8, 4) is 0 Å². The number of hydrogen-bond acceptors (Lipinski definition) is 3. The minimum Gasteiger partial charge on any atom is -0.479 e. The second kappa shape index (κ2) is 4.94. The van der Waals surface area contributed by atoms with Crippen LogP contribution in [0.4, 0.5) is 18.9 Å². The molecule has 1 unspecified atom stereocenters. The van der Waals surface area contributed by atoms with Crippen LogP contribution in [0.2, 0.25) is 0 Å². The fourth-order valence-electron chi connectivity index (χ4n) is 1.99. The summed E-state index contributed by atoms with van der Waals surface area (Å²) in [6.45, 7) is 1.11. The molecule has 1 heterocycles. The Labute approximate surface area is 118 Å². The van der Waals surface area contributed by atoms with Crippen LogP contribution in [0.5, 0.6) is 0 Å². The zero-order valence-electron chi connectivity index (χ0n) is 11.0. The molecule has 1 aliphatic heterocycles. The molecule has 0 spiro atoms. The number of carboxylic acids is 1. The molecular formula is C13H13F3N2O3. The zero-order valence-corrected chi connectivity index (χ0v) is 11.0. The predicted octanol–water partition coefficient (Wildman–Crippen LogP) is 1.79. The largest absolute Gasteiger partial charge is 0.479 e. The lowest BCUT2D eigenvalue weighted by Crippen LogP contribution is -2.61. The van der Waals surface area contributed by atoms with E-state index in [9.17, 15) is 22.8 Å². The van der Waals surface area contributed by atoms with Gasteiger partial charge >= 0.3 is 12.1 Å². The van der Waals surface area contributed by atoms with Crippen LogP contribution in [0.3, 0.4) is 0 Å². The molecule has 0 bridgehead atoms. The van der Waals surface area contributed by atoms with E-state index >= 15 is 0 Å². The van der Waals surface area contributed by atoms with Crippen LogP contribution in [0.25, 0.3) is 0 Å². The third-order valence-corrected chi connectivity index (χ3v) is 3.44. The Morgan fingerprint density at radius 3 is 2.57 bits per heavy atom. The van der Waals surface area contributed by atoms with Gasteiger partial charge in [0.15, 0.2) is 0 Å². The third-order valence-electron chi connectivity index (χ3n) is 3.44. The van der Waals surface area contributed by atoms with Crippen LogP contribution in [-0.4, -0.2) is 35.2 Å². The van der Waals surface area contributed by atoms with Gasteiger partial charge < -0.3 is 15.7 Å². The average Bonchev–Trinajstić information content (AvgIpc) is 2.83. The minimum atomic E-state index is -5.10. The number of carbonyl (C=O) groups is 2. The van der Waals surface area contributed by atoms with Crippen molar-refractivity contribution in [3.63, 3.8) is 0 Å². The number of fused-ring (bicyclic) bond motifs is 1. The van der Waals surface area contributed by atoms with E-state index < -0.39 is 23.6 Å². The normalized spacial score (nSPS) is 16.6. The third kappa shape index (κ3) is 2.65. The first-order valence-electron chi connectivity index (χ1n) is 6.14. The predicted molar refractivity (Wildman–Crippen MR) is 68.2 cm³/mol. The highest BCUT2D eigenvalue weighted by atomic mass is 19.4. The monoisotopic (exact) mass is 302 g/mol. The summed E-state index contributed by atoms with van der Waals surface area (Å²) in [5.74, 6) is -3.24. The number of anilines is 1. The lowest BCUT2D eigenvalue weighted by atomic mass is 10.0. The summed E-state index contributed by atoms with van der Waals surface area (Å²) in [5.41, 5.74) is -1.70. The summed E-state index contributed by atoms with van der Waals surface area (Å²) in [6.07, 6.45) is -4.45. The van der Waals surface area contributed by atoms with Crippen molar-refractivity contribution in [1.29, 1.82) is 0 Å². The number of hydrogen-bond donors (Lipinski definition) is 3. The number of nitrogens with one attached hydrogen (secondary N) is 2. The van der Waals surface area contributed by atoms with E-state index in [0.717, 1.165) is 11.3 Å². The molecular weight excluding hydrogens is 289 g/mol. The number of carbonyl (C=O) groups excluding carboxylic acids is 1. The summed E-state index contributed by atoms with van der Waals surface area (Å²) < 4.78 is 38.5. The first-order valence-corrected chi connectivity index (χ1v) is 6.14. The van der Waals surface area contributed by atoms with Crippen LogP contribution in [0.1, 0.15) is 22.8 Å². The van der Waals surface area contributed by atoms with Crippen LogP contribution < -0.4 is 10.6 Å². The van der Waals surface area contributed by atoms with E-state index in [-0.39, 0.29) is 5.56 Å². The number of aliphatic carboxylic acids is 1. The van der Waals surface area contributed by atoms with Gasteiger partial charge in [0, 0.05) is 17.8 Å². The highest BCUT2D eigenvalue weighted by Gasteiger charge is 2.58. The van der Waals surface area contributed by atoms with E-state index in [4.69, 9.17) is 5.11 Å². The molecule has 0 saturated heterocycles. The van der Waals surface area contributed by atoms with Crippen molar-refractivity contribution in [2.75, 3.05) is 11.9 Å². The molecule has 2 rings (SSSR count). The number of benzene rings is 1. The van der Waals surface area contributed by atoms with E-state index in [0.29, 0.717) is 19.9 Å². The Morgan fingerprint density at radius 2 is 2.00 bits per heavy atom. The van der Waals surface area contributed by atoms with Gasteiger partial charge in [0.05, 0.1) is 0 Å². The van der Waals surface area contributed by atoms with Crippen LogP contribution in [0, 0.1) is 0 Å². The van der Waals surface area contributed by atoms with Gasteiger partial charge in [-0.3, -0.25) is 4.79 Å². The molecule has 0 radical (unpaired) electrons. The minimum absolute atomic E-state index is 0.00539. The van der Waals surface area contributed by atoms with Crippen LogP contribution in [0.15, 0.2) is 18.2 Å². The van der Waals surface area contributed by atoms with E-state index in [1.807, 2.05) is 0 Å². The van der Waals surface area contributed by atoms with Gasteiger partial charge in [0.25, 0.3) is 5.91 Å². The number of rotatable bonds is 3. The van der Waals surface area contributed by atoms with Gasteiger partial charge in [-0.1, -0.05) is 0 Å². The molecule has 1 aromatic carbocycles. The molecule has 0 fully saturated rings. The number of alkyl halides is 3. The highest BCUT2D eigenvalue weighted by molar-refractivity contribution is 5.98. The second-order valence-corrected chi connectivity index (χ2v) is 4.93. The van der Waals surface area contributed by atoms with Crippen molar-refractivity contribution in [1.82, 2.24) is 5.32 Å². The number of amides is 1. The van der Waals surface area contributed by atoms with Gasteiger partial charge in [-0.05, 0) is 37.1 Å². The molecule has 5 nitrogen and oxygen atoms in total. The summed E-state index contributed by atoms with van der Waals surface area (Å²) in [4.78, 5) is 22.8. The van der Waals surface area contributed by atoms with Crippen LogP contribution in [-0.2, 0) is 11.2 Å².